The normalized spacial score (nSPS) is 10.5. The molecule has 0 radical (unpaired) electrons. The Morgan fingerprint density at radius 3 is 2.65 bits per heavy atom. The molecule has 20 heavy (non-hydrogen) atoms. The monoisotopic (exact) mass is 281 g/mol. The second-order valence-electron chi connectivity index (χ2n) is 3.85. The highest BCUT2D eigenvalue weighted by Gasteiger charge is 2.10. The van der Waals surface area contributed by atoms with Gasteiger partial charge >= 0.3 is 11.8 Å². The average Bonchev–Trinajstić information content (AvgIpc) is 2.45. The minimum atomic E-state index is -0.860. The molecular weight excluding hydrogens is 265 g/mol. The first kappa shape index (κ1) is 15.8. The van der Waals surface area contributed by atoms with Gasteiger partial charge in [-0.05, 0) is 24.1 Å². The first-order valence-corrected chi connectivity index (χ1v) is 5.99. The van der Waals surface area contributed by atoms with Gasteiger partial charge in [-0.1, -0.05) is 12.1 Å². The number of hydrogen-bond acceptors (Lipinski definition) is 4. The van der Waals surface area contributed by atoms with Crippen LogP contribution in [0.2, 0.25) is 0 Å². The fraction of sp³-hybridized carbons (Fsp3) is 0.308. The molecule has 0 bridgehead atoms. The SMILES string of the molecule is COCCCNC(=O)C(=O)N/N=C/c1ccc(F)cc1. The molecule has 108 valence electrons. The molecule has 0 atom stereocenters. The average molecular weight is 281 g/mol. The van der Waals surface area contributed by atoms with Crippen molar-refractivity contribution < 1.29 is 18.7 Å². The van der Waals surface area contributed by atoms with Crippen LogP contribution in [0.5, 0.6) is 0 Å². The fourth-order valence-corrected chi connectivity index (χ4v) is 1.26. The first-order valence-electron chi connectivity index (χ1n) is 5.99. The summed E-state index contributed by atoms with van der Waals surface area (Å²) in [7, 11) is 1.55. The summed E-state index contributed by atoms with van der Waals surface area (Å²) < 4.78 is 17.4. The van der Waals surface area contributed by atoms with Crippen LogP contribution in [0, 0.1) is 5.82 Å². The van der Waals surface area contributed by atoms with Gasteiger partial charge < -0.3 is 10.1 Å². The number of ether oxygens (including phenoxy) is 1. The van der Waals surface area contributed by atoms with Crippen LogP contribution in [0.1, 0.15) is 12.0 Å². The number of amides is 2. The van der Waals surface area contributed by atoms with Crippen LogP contribution in [0.25, 0.3) is 0 Å². The Morgan fingerprint density at radius 1 is 1.30 bits per heavy atom. The van der Waals surface area contributed by atoms with E-state index in [1.54, 1.807) is 7.11 Å². The van der Waals surface area contributed by atoms with E-state index in [0.717, 1.165) is 0 Å². The van der Waals surface area contributed by atoms with Gasteiger partial charge in [-0.15, -0.1) is 0 Å². The minimum Gasteiger partial charge on any atom is -0.385 e. The van der Waals surface area contributed by atoms with Gasteiger partial charge in [0.25, 0.3) is 0 Å². The van der Waals surface area contributed by atoms with E-state index < -0.39 is 11.8 Å². The highest BCUT2D eigenvalue weighted by atomic mass is 19.1. The highest BCUT2D eigenvalue weighted by molar-refractivity contribution is 6.35. The second-order valence-corrected chi connectivity index (χ2v) is 3.85. The lowest BCUT2D eigenvalue weighted by atomic mass is 10.2. The zero-order chi connectivity index (χ0) is 14.8. The predicted octanol–water partition coefficient (Wildman–Crippen LogP) is 0.429. The standard InChI is InChI=1S/C13H16FN3O3/c1-20-8-2-7-15-12(18)13(19)17-16-9-10-3-5-11(14)6-4-10/h3-6,9H,2,7-8H2,1H3,(H,15,18)(H,17,19)/b16-9+. The topological polar surface area (TPSA) is 79.8 Å². The van der Waals surface area contributed by atoms with E-state index in [9.17, 15) is 14.0 Å². The van der Waals surface area contributed by atoms with E-state index in [0.29, 0.717) is 25.1 Å². The van der Waals surface area contributed by atoms with Gasteiger partial charge in [0.1, 0.15) is 5.82 Å². The maximum Gasteiger partial charge on any atom is 0.329 e. The molecule has 0 aromatic heterocycles. The number of hydrazone groups is 1. The summed E-state index contributed by atoms with van der Waals surface area (Å²) in [5.41, 5.74) is 2.68. The summed E-state index contributed by atoms with van der Waals surface area (Å²) in [6.45, 7) is 0.854. The summed E-state index contributed by atoms with van der Waals surface area (Å²) in [5.74, 6) is -1.99. The number of halogens is 1. The van der Waals surface area contributed by atoms with Gasteiger partial charge in [-0.2, -0.15) is 5.10 Å². The Balaban J connectivity index is 2.31. The summed E-state index contributed by atoms with van der Waals surface area (Å²) in [6, 6.07) is 5.53. The van der Waals surface area contributed by atoms with Gasteiger partial charge in [0.2, 0.25) is 0 Å². The molecule has 0 aliphatic rings. The number of nitrogens with zero attached hydrogens (tertiary/aromatic N) is 1. The van der Waals surface area contributed by atoms with Crippen molar-refractivity contribution in [2.45, 2.75) is 6.42 Å². The number of nitrogens with one attached hydrogen (secondary N) is 2. The smallest absolute Gasteiger partial charge is 0.329 e. The van der Waals surface area contributed by atoms with Gasteiger partial charge in [-0.25, -0.2) is 9.82 Å². The fourth-order valence-electron chi connectivity index (χ4n) is 1.26. The molecule has 0 heterocycles. The largest absolute Gasteiger partial charge is 0.385 e. The molecule has 0 aliphatic heterocycles. The maximum atomic E-state index is 12.6. The maximum absolute atomic E-state index is 12.6. The van der Waals surface area contributed by atoms with Crippen LogP contribution >= 0.6 is 0 Å². The molecular formula is C13H16FN3O3. The molecule has 2 amide bonds. The zero-order valence-electron chi connectivity index (χ0n) is 11.1. The summed E-state index contributed by atoms with van der Waals surface area (Å²) in [4.78, 5) is 22.6. The Kier molecular flexibility index (Phi) is 6.91. The van der Waals surface area contributed by atoms with Crippen LogP contribution in [-0.2, 0) is 14.3 Å². The van der Waals surface area contributed by atoms with E-state index in [1.807, 2.05) is 0 Å². The van der Waals surface area contributed by atoms with Gasteiger partial charge in [0.05, 0.1) is 6.21 Å². The molecule has 0 saturated heterocycles. The summed E-state index contributed by atoms with van der Waals surface area (Å²) in [6.07, 6.45) is 1.93. The van der Waals surface area contributed by atoms with Crippen molar-refractivity contribution in [3.63, 3.8) is 0 Å². The molecule has 0 saturated carbocycles. The highest BCUT2D eigenvalue weighted by Crippen LogP contribution is 1.99. The molecule has 1 rings (SSSR count). The minimum absolute atomic E-state index is 0.349. The second kappa shape index (κ2) is 8.76. The predicted molar refractivity (Wildman–Crippen MR) is 71.6 cm³/mol. The number of benzene rings is 1. The Bertz CT molecular complexity index is 474. The summed E-state index contributed by atoms with van der Waals surface area (Å²) >= 11 is 0. The zero-order valence-corrected chi connectivity index (χ0v) is 11.1. The van der Waals surface area contributed by atoms with E-state index in [1.165, 1.54) is 30.5 Å². The van der Waals surface area contributed by atoms with Gasteiger partial charge in [0, 0.05) is 20.3 Å². The van der Waals surface area contributed by atoms with Crippen molar-refractivity contribution >= 4 is 18.0 Å². The quantitative estimate of drug-likeness (QED) is 0.343. The molecule has 0 aliphatic carbocycles. The van der Waals surface area contributed by atoms with E-state index in [-0.39, 0.29) is 5.82 Å². The van der Waals surface area contributed by atoms with Gasteiger partial charge in [-0.3, -0.25) is 9.59 Å². The molecule has 0 spiro atoms. The molecule has 1 aromatic rings. The molecule has 7 heteroatoms. The van der Waals surface area contributed by atoms with Crippen molar-refractivity contribution in [1.29, 1.82) is 0 Å². The molecule has 6 nitrogen and oxygen atoms in total. The molecule has 2 N–H and O–H groups in total. The lowest BCUT2D eigenvalue weighted by molar-refractivity contribution is -0.139. The molecule has 0 fully saturated rings. The van der Waals surface area contributed by atoms with Crippen molar-refractivity contribution in [2.24, 2.45) is 5.10 Å². The Labute approximate surface area is 116 Å². The molecule has 0 unspecified atom stereocenters. The number of carbonyl (C=O) groups excluding carboxylic acids is 2. The van der Waals surface area contributed by atoms with Crippen molar-refractivity contribution in [2.75, 3.05) is 20.3 Å². The first-order chi connectivity index (χ1) is 9.63. The number of carbonyl (C=O) groups is 2. The number of rotatable bonds is 6. The lowest BCUT2D eigenvalue weighted by Crippen LogP contribution is -2.38. The number of hydrogen-bond donors (Lipinski definition) is 2. The third-order valence-corrected chi connectivity index (χ3v) is 2.27. The van der Waals surface area contributed by atoms with Crippen LogP contribution in [0.4, 0.5) is 4.39 Å². The Hall–Kier alpha value is -2.28. The number of methoxy groups -OCH3 is 1. The Morgan fingerprint density at radius 2 is 2.00 bits per heavy atom. The van der Waals surface area contributed by atoms with E-state index in [4.69, 9.17) is 4.74 Å². The van der Waals surface area contributed by atoms with E-state index >= 15 is 0 Å². The third-order valence-electron chi connectivity index (χ3n) is 2.27. The van der Waals surface area contributed by atoms with Crippen LogP contribution < -0.4 is 10.7 Å². The molecule has 1 aromatic carbocycles. The van der Waals surface area contributed by atoms with Crippen molar-refractivity contribution in [3.8, 4) is 0 Å². The van der Waals surface area contributed by atoms with E-state index in [2.05, 4.69) is 15.8 Å². The van der Waals surface area contributed by atoms with Crippen LogP contribution in [0.15, 0.2) is 29.4 Å². The third kappa shape index (κ3) is 6.05. The van der Waals surface area contributed by atoms with Crippen LogP contribution in [-0.4, -0.2) is 38.3 Å². The van der Waals surface area contributed by atoms with Crippen LogP contribution in [0.3, 0.4) is 0 Å². The summed E-state index contributed by atoms with van der Waals surface area (Å²) in [5, 5.41) is 6.02. The lowest BCUT2D eigenvalue weighted by Gasteiger charge is -2.03. The van der Waals surface area contributed by atoms with Crippen molar-refractivity contribution in [3.05, 3.63) is 35.6 Å². The van der Waals surface area contributed by atoms with Crippen molar-refractivity contribution in [1.82, 2.24) is 10.7 Å². The van der Waals surface area contributed by atoms with Gasteiger partial charge in [0.15, 0.2) is 0 Å².